The number of carbonyl (C=O) groups is 2. The first-order chi connectivity index (χ1) is 20.0. The van der Waals surface area contributed by atoms with Crippen LogP contribution in [0.5, 0.6) is 17.5 Å². The minimum Gasteiger partial charge on any atom is -0.425 e. The molecule has 1 amide bonds. The van der Waals surface area contributed by atoms with Crippen molar-refractivity contribution in [2.24, 2.45) is 0 Å². The predicted molar refractivity (Wildman–Crippen MR) is 150 cm³/mol. The van der Waals surface area contributed by atoms with Gasteiger partial charge in [-0.1, -0.05) is 29.8 Å². The lowest BCUT2D eigenvalue weighted by atomic mass is 10.2. The number of rotatable bonds is 11. The monoisotopic (exact) mass is 628 g/mol. The Labute approximate surface area is 247 Å². The Bertz CT molecular complexity index is 1440. The number of aliphatic hydroxyl groups is 1. The standard InChI is InChI=1S/C27H28ClF3N4O6S/c1-33(10-3-12-36)25(38)23-24(34-11-13-42(39)17-20(34)16-37)32-26(35(23)15-18-6-8-19(28)9-7-18)40-21-4-2-5-22(14-21)41-27(29,30)31/h2,4-9,14,16,20,36H,3,10-13,15,17H2,1H3. The number of halogens is 4. The molecule has 2 atom stereocenters. The Balaban J connectivity index is 1.86. The third-order valence-corrected chi connectivity index (χ3v) is 7.97. The van der Waals surface area contributed by atoms with Gasteiger partial charge in [-0.25, -0.2) is 0 Å². The van der Waals surface area contributed by atoms with Gasteiger partial charge in [0.25, 0.3) is 5.91 Å². The van der Waals surface area contributed by atoms with Crippen molar-refractivity contribution in [1.82, 2.24) is 14.5 Å². The van der Waals surface area contributed by atoms with Crippen molar-refractivity contribution < 1.29 is 41.5 Å². The zero-order valence-corrected chi connectivity index (χ0v) is 24.0. The van der Waals surface area contributed by atoms with Crippen LogP contribution in [0.2, 0.25) is 5.02 Å². The number of ether oxygens (including phenoxy) is 2. The van der Waals surface area contributed by atoms with Gasteiger partial charge in [-0.15, -0.1) is 13.2 Å². The summed E-state index contributed by atoms with van der Waals surface area (Å²) in [4.78, 5) is 33.5. The number of nitrogens with zero attached hydrogens (tertiary/aromatic N) is 4. The van der Waals surface area contributed by atoms with E-state index in [4.69, 9.17) is 16.3 Å². The van der Waals surface area contributed by atoms with E-state index < -0.39 is 34.9 Å². The van der Waals surface area contributed by atoms with Crippen LogP contribution in [0.15, 0.2) is 48.5 Å². The van der Waals surface area contributed by atoms with Crippen molar-refractivity contribution in [1.29, 1.82) is 0 Å². The number of carbonyl (C=O) groups excluding carboxylic acids is 2. The second-order valence-corrected chi connectivity index (χ2v) is 11.5. The minimum absolute atomic E-state index is 0.0363. The highest BCUT2D eigenvalue weighted by Crippen LogP contribution is 2.34. The molecule has 4 rings (SSSR count). The quantitative estimate of drug-likeness (QED) is 0.319. The number of aromatic nitrogens is 2. The molecule has 0 saturated carbocycles. The number of hydrogen-bond donors (Lipinski definition) is 1. The molecule has 1 N–H and O–H groups in total. The molecule has 0 bridgehead atoms. The van der Waals surface area contributed by atoms with Gasteiger partial charge in [-0.05, 0) is 36.2 Å². The Kier molecular flexibility index (Phi) is 10.1. The number of amides is 1. The topological polar surface area (TPSA) is 114 Å². The van der Waals surface area contributed by atoms with Crippen LogP contribution in [0.3, 0.4) is 0 Å². The first-order valence-electron chi connectivity index (χ1n) is 12.8. The Hall–Kier alpha value is -3.62. The van der Waals surface area contributed by atoms with Crippen LogP contribution in [0.1, 0.15) is 22.5 Å². The molecule has 1 aliphatic rings. The highest BCUT2D eigenvalue weighted by atomic mass is 35.5. The van der Waals surface area contributed by atoms with Gasteiger partial charge in [0.2, 0.25) is 0 Å². The molecule has 42 heavy (non-hydrogen) atoms. The maximum absolute atomic E-state index is 13.9. The maximum Gasteiger partial charge on any atom is 0.573 e. The van der Waals surface area contributed by atoms with Crippen LogP contribution in [-0.4, -0.2) is 86.6 Å². The van der Waals surface area contributed by atoms with Gasteiger partial charge in [-0.2, -0.15) is 4.98 Å². The number of aldehydes is 1. The average molecular weight is 629 g/mol. The molecule has 3 aromatic rings. The molecule has 15 heteroatoms. The minimum atomic E-state index is -4.92. The van der Waals surface area contributed by atoms with E-state index in [1.807, 2.05) is 0 Å². The molecule has 0 aliphatic carbocycles. The van der Waals surface area contributed by atoms with Crippen LogP contribution < -0.4 is 14.4 Å². The summed E-state index contributed by atoms with van der Waals surface area (Å²) in [6.45, 7) is 0.251. The number of aliphatic hydroxyl groups excluding tert-OH is 1. The first-order valence-corrected chi connectivity index (χ1v) is 14.7. The molecule has 1 fully saturated rings. The van der Waals surface area contributed by atoms with Gasteiger partial charge >= 0.3 is 12.4 Å². The van der Waals surface area contributed by atoms with Crippen LogP contribution in [0, 0.1) is 0 Å². The summed E-state index contributed by atoms with van der Waals surface area (Å²) in [6, 6.07) is 10.6. The second kappa shape index (κ2) is 13.6. The van der Waals surface area contributed by atoms with Gasteiger partial charge in [0, 0.05) is 54.4 Å². The van der Waals surface area contributed by atoms with Gasteiger partial charge in [0.15, 0.2) is 11.5 Å². The van der Waals surface area contributed by atoms with Crippen LogP contribution in [-0.2, 0) is 22.1 Å². The summed E-state index contributed by atoms with van der Waals surface area (Å²) in [5.74, 6) is -0.707. The highest BCUT2D eigenvalue weighted by Gasteiger charge is 2.36. The van der Waals surface area contributed by atoms with Crippen LogP contribution in [0.25, 0.3) is 0 Å². The third kappa shape index (κ3) is 7.81. The van der Waals surface area contributed by atoms with E-state index in [0.717, 1.165) is 12.1 Å². The largest absolute Gasteiger partial charge is 0.573 e. The number of anilines is 1. The summed E-state index contributed by atoms with van der Waals surface area (Å²) in [6.07, 6.45) is -3.98. The number of benzene rings is 2. The highest BCUT2D eigenvalue weighted by molar-refractivity contribution is 7.85. The van der Waals surface area contributed by atoms with E-state index in [-0.39, 0.29) is 61.0 Å². The first kappa shape index (κ1) is 31.3. The molecule has 2 aromatic carbocycles. The van der Waals surface area contributed by atoms with E-state index in [1.54, 1.807) is 36.2 Å². The molecular weight excluding hydrogens is 601 g/mol. The van der Waals surface area contributed by atoms with Gasteiger partial charge < -0.3 is 29.2 Å². The molecular formula is C27H28ClF3N4O6S. The predicted octanol–water partition coefficient (Wildman–Crippen LogP) is 3.87. The molecule has 226 valence electrons. The molecule has 1 aromatic heterocycles. The maximum atomic E-state index is 13.9. The zero-order chi connectivity index (χ0) is 30.4. The summed E-state index contributed by atoms with van der Waals surface area (Å²) >= 11 is 6.05. The summed E-state index contributed by atoms with van der Waals surface area (Å²) in [7, 11) is 0.294. The molecule has 0 spiro atoms. The summed E-state index contributed by atoms with van der Waals surface area (Å²) < 4.78 is 62.2. The summed E-state index contributed by atoms with van der Waals surface area (Å²) in [5.41, 5.74) is 0.740. The molecule has 2 unspecified atom stereocenters. The normalized spacial score (nSPS) is 17.1. The average Bonchev–Trinajstić information content (AvgIpc) is 3.28. The molecule has 0 radical (unpaired) electrons. The van der Waals surface area contributed by atoms with E-state index in [9.17, 15) is 32.1 Å². The van der Waals surface area contributed by atoms with Crippen molar-refractivity contribution >= 4 is 40.4 Å². The number of hydrogen-bond acceptors (Lipinski definition) is 8. The lowest BCUT2D eigenvalue weighted by Crippen LogP contribution is -2.48. The second-order valence-electron chi connectivity index (χ2n) is 9.42. The lowest BCUT2D eigenvalue weighted by molar-refractivity contribution is -0.274. The van der Waals surface area contributed by atoms with Crippen molar-refractivity contribution in [3.05, 3.63) is 64.8 Å². The van der Waals surface area contributed by atoms with E-state index in [1.165, 1.54) is 21.6 Å². The lowest BCUT2D eigenvalue weighted by Gasteiger charge is -2.33. The zero-order valence-electron chi connectivity index (χ0n) is 22.4. The SMILES string of the molecule is CN(CCCO)C(=O)c1c(N2CCS(=O)CC2C=O)nc(Oc2cccc(OC(F)(F)F)c2)n1Cc1ccc(Cl)cc1. The fraction of sp³-hybridized carbons (Fsp3) is 0.370. The number of imidazole rings is 1. The van der Waals surface area contributed by atoms with Crippen molar-refractivity contribution in [2.75, 3.05) is 43.1 Å². The van der Waals surface area contributed by atoms with Gasteiger partial charge in [0.05, 0.1) is 18.3 Å². The smallest absolute Gasteiger partial charge is 0.425 e. The van der Waals surface area contributed by atoms with E-state index in [2.05, 4.69) is 9.72 Å². The van der Waals surface area contributed by atoms with Crippen molar-refractivity contribution in [2.45, 2.75) is 25.4 Å². The number of alkyl halides is 3. The Morgan fingerprint density at radius 3 is 2.62 bits per heavy atom. The van der Waals surface area contributed by atoms with Crippen molar-refractivity contribution in [3.63, 3.8) is 0 Å². The van der Waals surface area contributed by atoms with E-state index in [0.29, 0.717) is 23.3 Å². The third-order valence-electron chi connectivity index (χ3n) is 6.36. The fourth-order valence-electron chi connectivity index (χ4n) is 4.36. The van der Waals surface area contributed by atoms with Crippen LogP contribution >= 0.6 is 11.6 Å². The van der Waals surface area contributed by atoms with Crippen molar-refractivity contribution in [3.8, 4) is 17.5 Å². The van der Waals surface area contributed by atoms with Gasteiger partial charge in [-0.3, -0.25) is 13.6 Å². The molecule has 10 nitrogen and oxygen atoms in total. The Morgan fingerprint density at radius 1 is 1.24 bits per heavy atom. The molecule has 1 saturated heterocycles. The van der Waals surface area contributed by atoms with E-state index >= 15 is 0 Å². The fourth-order valence-corrected chi connectivity index (χ4v) is 5.70. The molecule has 1 aliphatic heterocycles. The Morgan fingerprint density at radius 2 is 1.95 bits per heavy atom. The van der Waals surface area contributed by atoms with Crippen LogP contribution in [0.4, 0.5) is 19.0 Å². The molecule has 2 heterocycles. The summed E-state index contributed by atoms with van der Waals surface area (Å²) in [5, 5.41) is 9.79. The van der Waals surface area contributed by atoms with Gasteiger partial charge in [0.1, 0.15) is 17.8 Å².